The molecule has 17 heavy (non-hydrogen) atoms. The van der Waals surface area contributed by atoms with Crippen LogP contribution in [0.2, 0.25) is 5.02 Å². The Morgan fingerprint density at radius 1 is 1.24 bits per heavy atom. The standard InChI is InChI=1S/C14H22ClNO/c1-3-13(4-2)16-9-10-17-11-12-7-5-6-8-14(12)15/h5-8,13,16H,3-4,9-11H2,1-2H3. The Morgan fingerprint density at radius 2 is 1.94 bits per heavy atom. The number of hydrogen-bond acceptors (Lipinski definition) is 2. The van der Waals surface area contributed by atoms with Crippen molar-refractivity contribution in [1.82, 2.24) is 5.32 Å². The third-order valence-corrected chi connectivity index (χ3v) is 3.25. The minimum atomic E-state index is 0.588. The van der Waals surface area contributed by atoms with Gasteiger partial charge in [-0.2, -0.15) is 0 Å². The summed E-state index contributed by atoms with van der Waals surface area (Å²) >= 11 is 6.04. The molecule has 0 spiro atoms. The van der Waals surface area contributed by atoms with Crippen LogP contribution in [0.15, 0.2) is 24.3 Å². The van der Waals surface area contributed by atoms with Gasteiger partial charge in [0.25, 0.3) is 0 Å². The Morgan fingerprint density at radius 3 is 2.59 bits per heavy atom. The monoisotopic (exact) mass is 255 g/mol. The van der Waals surface area contributed by atoms with Crippen LogP contribution in [0.25, 0.3) is 0 Å². The second-order valence-corrected chi connectivity index (χ2v) is 4.52. The lowest BCUT2D eigenvalue weighted by molar-refractivity contribution is 0.120. The molecule has 96 valence electrons. The molecule has 0 saturated heterocycles. The summed E-state index contributed by atoms with van der Waals surface area (Å²) in [4.78, 5) is 0. The zero-order chi connectivity index (χ0) is 12.5. The van der Waals surface area contributed by atoms with Gasteiger partial charge in [-0.3, -0.25) is 0 Å². The molecule has 0 aromatic heterocycles. The lowest BCUT2D eigenvalue weighted by Crippen LogP contribution is -2.30. The molecule has 0 aliphatic heterocycles. The van der Waals surface area contributed by atoms with Gasteiger partial charge >= 0.3 is 0 Å². The molecule has 0 aliphatic carbocycles. The third kappa shape index (κ3) is 5.53. The first-order chi connectivity index (χ1) is 8.27. The summed E-state index contributed by atoms with van der Waals surface area (Å²) in [5, 5.41) is 4.24. The molecule has 1 aromatic rings. The Kier molecular flexibility index (Phi) is 7.25. The largest absolute Gasteiger partial charge is 0.375 e. The van der Waals surface area contributed by atoms with Gasteiger partial charge in [-0.15, -0.1) is 0 Å². The number of rotatable bonds is 8. The van der Waals surface area contributed by atoms with Crippen molar-refractivity contribution in [3.8, 4) is 0 Å². The molecule has 1 rings (SSSR count). The predicted octanol–water partition coefficient (Wildman–Crippen LogP) is 3.63. The zero-order valence-electron chi connectivity index (χ0n) is 10.7. The maximum absolute atomic E-state index is 6.04. The van der Waals surface area contributed by atoms with Crippen LogP contribution in [-0.2, 0) is 11.3 Å². The lowest BCUT2D eigenvalue weighted by atomic mass is 10.2. The van der Waals surface area contributed by atoms with Crippen molar-refractivity contribution in [2.45, 2.75) is 39.3 Å². The second kappa shape index (κ2) is 8.51. The van der Waals surface area contributed by atoms with Crippen LogP contribution in [0.1, 0.15) is 32.3 Å². The van der Waals surface area contributed by atoms with E-state index in [4.69, 9.17) is 16.3 Å². The van der Waals surface area contributed by atoms with E-state index < -0.39 is 0 Å². The summed E-state index contributed by atoms with van der Waals surface area (Å²) in [6.07, 6.45) is 2.34. The van der Waals surface area contributed by atoms with Crippen molar-refractivity contribution in [3.63, 3.8) is 0 Å². The summed E-state index contributed by atoms with van der Waals surface area (Å²) in [6.45, 7) is 6.61. The highest BCUT2D eigenvalue weighted by atomic mass is 35.5. The Labute approximate surface area is 109 Å². The van der Waals surface area contributed by atoms with E-state index in [1.54, 1.807) is 0 Å². The van der Waals surface area contributed by atoms with Gasteiger partial charge in [0.1, 0.15) is 0 Å². The highest BCUT2D eigenvalue weighted by molar-refractivity contribution is 6.31. The third-order valence-electron chi connectivity index (χ3n) is 2.88. The fourth-order valence-electron chi connectivity index (χ4n) is 1.71. The SMILES string of the molecule is CCC(CC)NCCOCc1ccccc1Cl. The molecule has 1 aromatic carbocycles. The Bertz CT molecular complexity index is 313. The van der Waals surface area contributed by atoms with Gasteiger partial charge in [0, 0.05) is 17.6 Å². The maximum Gasteiger partial charge on any atom is 0.0731 e. The van der Waals surface area contributed by atoms with Crippen molar-refractivity contribution in [2.24, 2.45) is 0 Å². The van der Waals surface area contributed by atoms with E-state index >= 15 is 0 Å². The Hall–Kier alpha value is -0.570. The van der Waals surface area contributed by atoms with Crippen molar-refractivity contribution < 1.29 is 4.74 Å². The van der Waals surface area contributed by atoms with Gasteiger partial charge in [0.15, 0.2) is 0 Å². The van der Waals surface area contributed by atoms with Crippen LogP contribution >= 0.6 is 11.6 Å². The molecule has 0 aliphatic rings. The van der Waals surface area contributed by atoms with E-state index in [1.807, 2.05) is 24.3 Å². The van der Waals surface area contributed by atoms with Crippen LogP contribution < -0.4 is 5.32 Å². The van der Waals surface area contributed by atoms with Crippen LogP contribution in [0, 0.1) is 0 Å². The number of hydrogen-bond donors (Lipinski definition) is 1. The molecule has 3 heteroatoms. The van der Waals surface area contributed by atoms with Crippen molar-refractivity contribution in [1.29, 1.82) is 0 Å². The molecular formula is C14H22ClNO. The molecule has 1 N–H and O–H groups in total. The highest BCUT2D eigenvalue weighted by Crippen LogP contribution is 2.15. The summed E-state index contributed by atoms with van der Waals surface area (Å²) in [6, 6.07) is 8.41. The molecule has 0 radical (unpaired) electrons. The van der Waals surface area contributed by atoms with Crippen molar-refractivity contribution in [2.75, 3.05) is 13.2 Å². The zero-order valence-corrected chi connectivity index (χ0v) is 11.5. The first kappa shape index (κ1) is 14.5. The number of ether oxygens (including phenoxy) is 1. The number of benzene rings is 1. The number of nitrogens with one attached hydrogen (secondary N) is 1. The second-order valence-electron chi connectivity index (χ2n) is 4.11. The van der Waals surface area contributed by atoms with Crippen LogP contribution in [-0.4, -0.2) is 19.2 Å². The minimum Gasteiger partial charge on any atom is -0.375 e. The lowest BCUT2D eigenvalue weighted by Gasteiger charge is -2.14. The maximum atomic E-state index is 6.04. The normalized spacial score (nSPS) is 11.1. The smallest absolute Gasteiger partial charge is 0.0731 e. The molecule has 0 fully saturated rings. The first-order valence-corrected chi connectivity index (χ1v) is 6.70. The minimum absolute atomic E-state index is 0.588. The van der Waals surface area contributed by atoms with E-state index in [1.165, 1.54) is 12.8 Å². The van der Waals surface area contributed by atoms with E-state index in [-0.39, 0.29) is 0 Å². The molecule has 2 nitrogen and oxygen atoms in total. The van der Waals surface area contributed by atoms with Gasteiger partial charge in [0.05, 0.1) is 13.2 Å². The summed E-state index contributed by atoms with van der Waals surface area (Å²) in [5.74, 6) is 0. The van der Waals surface area contributed by atoms with E-state index in [9.17, 15) is 0 Å². The highest BCUT2D eigenvalue weighted by Gasteiger charge is 2.01. The van der Waals surface area contributed by atoms with Crippen LogP contribution in [0.5, 0.6) is 0 Å². The molecular weight excluding hydrogens is 234 g/mol. The van der Waals surface area contributed by atoms with Gasteiger partial charge in [0.2, 0.25) is 0 Å². The topological polar surface area (TPSA) is 21.3 Å². The van der Waals surface area contributed by atoms with E-state index in [0.717, 1.165) is 23.7 Å². The molecule has 0 amide bonds. The number of halogens is 1. The Balaban J connectivity index is 2.14. The quantitative estimate of drug-likeness (QED) is 0.717. The van der Waals surface area contributed by atoms with Gasteiger partial charge in [-0.05, 0) is 24.5 Å². The summed E-state index contributed by atoms with van der Waals surface area (Å²) in [7, 11) is 0. The van der Waals surface area contributed by atoms with E-state index in [2.05, 4.69) is 19.2 Å². The average molecular weight is 256 g/mol. The molecule has 0 saturated carbocycles. The van der Waals surface area contributed by atoms with Gasteiger partial charge in [-0.1, -0.05) is 43.6 Å². The average Bonchev–Trinajstić information content (AvgIpc) is 2.36. The molecule has 0 heterocycles. The predicted molar refractivity (Wildman–Crippen MR) is 73.5 cm³/mol. The van der Waals surface area contributed by atoms with Crippen molar-refractivity contribution in [3.05, 3.63) is 34.9 Å². The van der Waals surface area contributed by atoms with Crippen molar-refractivity contribution >= 4 is 11.6 Å². The summed E-state index contributed by atoms with van der Waals surface area (Å²) < 4.78 is 5.59. The molecule has 0 atom stereocenters. The summed E-state index contributed by atoms with van der Waals surface area (Å²) in [5.41, 5.74) is 1.05. The molecule has 0 unspecified atom stereocenters. The van der Waals surface area contributed by atoms with Gasteiger partial charge < -0.3 is 10.1 Å². The van der Waals surface area contributed by atoms with Crippen LogP contribution in [0.3, 0.4) is 0 Å². The van der Waals surface area contributed by atoms with Crippen LogP contribution in [0.4, 0.5) is 0 Å². The van der Waals surface area contributed by atoms with Gasteiger partial charge in [-0.25, -0.2) is 0 Å². The van der Waals surface area contributed by atoms with E-state index in [0.29, 0.717) is 12.6 Å². The first-order valence-electron chi connectivity index (χ1n) is 6.32. The molecule has 0 bridgehead atoms. The fourth-order valence-corrected chi connectivity index (χ4v) is 1.90. The fraction of sp³-hybridized carbons (Fsp3) is 0.571.